The van der Waals surface area contributed by atoms with Crippen molar-refractivity contribution in [2.75, 3.05) is 0 Å². The van der Waals surface area contributed by atoms with Gasteiger partial charge in [-0.1, -0.05) is 105 Å². The first-order valence-corrected chi connectivity index (χ1v) is 21.5. The fourth-order valence-corrected chi connectivity index (χ4v) is 6.62. The van der Waals surface area contributed by atoms with Crippen molar-refractivity contribution in [1.29, 1.82) is 0 Å². The average molecular weight is 751 g/mol. The molecular weight excluding hydrogens is 669 g/mol. The van der Waals surface area contributed by atoms with E-state index in [1.807, 2.05) is 13.8 Å². The van der Waals surface area contributed by atoms with Gasteiger partial charge in [0.15, 0.2) is 0 Å². The molecule has 0 aliphatic heterocycles. The van der Waals surface area contributed by atoms with Crippen LogP contribution in [0.5, 0.6) is 11.5 Å². The Morgan fingerprint density at radius 1 is 0.382 bits per heavy atom. The number of aromatic hydroxyl groups is 2. The Balaban J connectivity index is 2.28. The van der Waals surface area contributed by atoms with Crippen LogP contribution in [-0.2, 0) is 6.42 Å². The van der Waals surface area contributed by atoms with E-state index in [0.717, 1.165) is 100 Å². The van der Waals surface area contributed by atoms with Gasteiger partial charge >= 0.3 is 0 Å². The van der Waals surface area contributed by atoms with Crippen LogP contribution in [0, 0.1) is 13.8 Å². The average Bonchev–Trinajstić information content (AvgIpc) is 3.11. The third-order valence-electron chi connectivity index (χ3n) is 10.9. The van der Waals surface area contributed by atoms with Gasteiger partial charge in [0, 0.05) is 5.56 Å². The van der Waals surface area contributed by atoms with Crippen molar-refractivity contribution < 1.29 is 10.2 Å². The molecule has 1 aromatic carbocycles. The van der Waals surface area contributed by atoms with Crippen molar-refractivity contribution in [2.45, 2.75) is 192 Å². The van der Waals surface area contributed by atoms with E-state index in [9.17, 15) is 10.2 Å². The quantitative estimate of drug-likeness (QED) is 0.0731. The molecule has 0 aliphatic carbocycles. The summed E-state index contributed by atoms with van der Waals surface area (Å²) in [6.45, 7) is 26.2. The second kappa shape index (κ2) is 28.8. The number of rotatable bonds is 26. The highest BCUT2D eigenvalue weighted by atomic mass is 16.3. The Bertz CT molecular complexity index is 1590. The summed E-state index contributed by atoms with van der Waals surface area (Å²) >= 11 is 0. The lowest BCUT2D eigenvalue weighted by molar-refractivity contribution is 0.448. The fourth-order valence-electron chi connectivity index (χ4n) is 6.62. The summed E-state index contributed by atoms with van der Waals surface area (Å²) < 4.78 is 0. The minimum Gasteiger partial charge on any atom is -0.508 e. The summed E-state index contributed by atoms with van der Waals surface area (Å²) in [4.78, 5) is 0. The van der Waals surface area contributed by atoms with Crippen LogP contribution in [0.1, 0.15) is 189 Å². The van der Waals surface area contributed by atoms with Gasteiger partial charge in [0.05, 0.1) is 0 Å². The van der Waals surface area contributed by atoms with Gasteiger partial charge in [-0.2, -0.15) is 0 Å². The molecule has 0 unspecified atom stereocenters. The summed E-state index contributed by atoms with van der Waals surface area (Å²) in [6, 6.07) is 1.69. The van der Waals surface area contributed by atoms with E-state index in [4.69, 9.17) is 0 Å². The van der Waals surface area contributed by atoms with Crippen molar-refractivity contribution >= 4 is 0 Å². The maximum Gasteiger partial charge on any atom is 0.122 e. The first-order valence-electron chi connectivity index (χ1n) is 21.5. The molecule has 0 aliphatic rings. The zero-order valence-corrected chi connectivity index (χ0v) is 37.7. The van der Waals surface area contributed by atoms with E-state index in [-0.39, 0.29) is 5.75 Å². The molecule has 0 fully saturated rings. The maximum absolute atomic E-state index is 10.4. The van der Waals surface area contributed by atoms with Crippen LogP contribution in [0.2, 0.25) is 0 Å². The minimum atomic E-state index is 0.255. The van der Waals surface area contributed by atoms with Crippen LogP contribution in [0.25, 0.3) is 0 Å². The number of benzene rings is 1. The standard InChI is InChI=1S/C53H82O2/c1-40(2)21-13-22-41(3)23-14-24-42(4)25-15-26-43(5)27-16-28-44(6)29-17-30-45(7)31-18-32-46(8)33-19-34-47(9)35-20-36-48(10)37-38-51-39-52(54)49(11)50(12)53(51)55/h21,23,25,27,29,31,33,35,37,39,54-55H,13-20,22,24,26,28,30,32,34,36,38H2,1-12H3/b41-23+,42-25+,43-27+,44-29+,45-31+,46-33+,47-35+,48-37-. The van der Waals surface area contributed by atoms with Crippen molar-refractivity contribution in [2.24, 2.45) is 0 Å². The third kappa shape index (κ3) is 24.6. The molecule has 2 nitrogen and oxygen atoms in total. The van der Waals surface area contributed by atoms with Crippen molar-refractivity contribution in [3.63, 3.8) is 0 Å². The summed E-state index contributed by atoms with van der Waals surface area (Å²) in [5.41, 5.74) is 15.5. The van der Waals surface area contributed by atoms with Crippen LogP contribution >= 0.6 is 0 Å². The van der Waals surface area contributed by atoms with Gasteiger partial charge in [-0.3, -0.25) is 0 Å². The molecule has 2 N–H and O–H groups in total. The predicted molar refractivity (Wildman–Crippen MR) is 246 cm³/mol. The number of allylic oxidation sites excluding steroid dienone is 18. The second-order valence-electron chi connectivity index (χ2n) is 16.9. The third-order valence-corrected chi connectivity index (χ3v) is 10.9. The Morgan fingerprint density at radius 2 is 0.636 bits per heavy atom. The maximum atomic E-state index is 10.4. The van der Waals surface area contributed by atoms with Crippen LogP contribution in [0.15, 0.2) is 111 Å². The summed E-state index contributed by atoms with van der Waals surface area (Å²) in [6.07, 6.45) is 40.3. The van der Waals surface area contributed by atoms with Crippen LogP contribution in [0.4, 0.5) is 0 Å². The molecule has 0 saturated carbocycles. The van der Waals surface area contributed by atoms with Crippen LogP contribution in [0.3, 0.4) is 0 Å². The molecule has 0 atom stereocenters. The van der Waals surface area contributed by atoms with E-state index in [2.05, 4.69) is 124 Å². The smallest absolute Gasteiger partial charge is 0.122 e. The number of phenols is 2. The summed E-state index contributed by atoms with van der Waals surface area (Å²) in [7, 11) is 0. The van der Waals surface area contributed by atoms with Gasteiger partial charge in [-0.05, 0) is 209 Å². The Kier molecular flexibility index (Phi) is 25.9. The lowest BCUT2D eigenvalue weighted by Gasteiger charge is -2.10. The second-order valence-corrected chi connectivity index (χ2v) is 16.9. The molecule has 0 amide bonds. The zero-order valence-electron chi connectivity index (χ0n) is 37.7. The van der Waals surface area contributed by atoms with E-state index >= 15 is 0 Å². The number of phenolic OH excluding ortho intramolecular Hbond substituents is 2. The topological polar surface area (TPSA) is 40.5 Å². The normalized spacial score (nSPS) is 14.3. The molecule has 306 valence electrons. The van der Waals surface area contributed by atoms with Crippen molar-refractivity contribution in [3.8, 4) is 11.5 Å². The number of hydrogen-bond donors (Lipinski definition) is 2. The van der Waals surface area contributed by atoms with Gasteiger partial charge in [0.25, 0.3) is 0 Å². The summed E-state index contributed by atoms with van der Waals surface area (Å²) in [5.74, 6) is 0.554. The van der Waals surface area contributed by atoms with Gasteiger partial charge in [0.1, 0.15) is 11.5 Å². The van der Waals surface area contributed by atoms with Gasteiger partial charge in [0.2, 0.25) is 0 Å². The van der Waals surface area contributed by atoms with Gasteiger partial charge in [-0.15, -0.1) is 0 Å². The highest BCUT2D eigenvalue weighted by Gasteiger charge is 2.10. The molecule has 0 saturated heterocycles. The van der Waals surface area contributed by atoms with Crippen LogP contribution < -0.4 is 0 Å². The first-order chi connectivity index (χ1) is 26.1. The molecule has 0 radical (unpaired) electrons. The molecule has 0 spiro atoms. The van der Waals surface area contributed by atoms with E-state index in [0.29, 0.717) is 12.2 Å². The molecule has 0 heterocycles. The van der Waals surface area contributed by atoms with E-state index in [1.54, 1.807) is 6.07 Å². The predicted octanol–water partition coefficient (Wildman–Crippen LogP) is 17.0. The SMILES string of the molecule is CC(C)=CCC/C(C)=C/CC/C(C)=C/CC/C(C)=C/CC/C(C)=C/CC/C(C)=C/CC/C(C)=C/CC/C(C)=C/CC/C(C)=C\Cc1cc(O)c(C)c(C)c1O. The molecule has 1 rings (SSSR count). The molecule has 0 bridgehead atoms. The molecule has 1 aromatic rings. The largest absolute Gasteiger partial charge is 0.508 e. The fraction of sp³-hybridized carbons (Fsp3) is 0.547. The first kappa shape index (κ1) is 49.5. The molecular formula is C53H82O2. The van der Waals surface area contributed by atoms with Crippen molar-refractivity contribution in [3.05, 3.63) is 128 Å². The van der Waals surface area contributed by atoms with Crippen LogP contribution in [-0.4, -0.2) is 10.2 Å². The monoisotopic (exact) mass is 751 g/mol. The molecule has 55 heavy (non-hydrogen) atoms. The molecule has 2 heteroatoms. The van der Waals surface area contributed by atoms with Crippen molar-refractivity contribution in [1.82, 2.24) is 0 Å². The number of hydrogen-bond acceptors (Lipinski definition) is 2. The Labute approximate surface area is 340 Å². The lowest BCUT2D eigenvalue weighted by atomic mass is 9.99. The summed E-state index contributed by atoms with van der Waals surface area (Å²) in [5, 5.41) is 20.6. The highest BCUT2D eigenvalue weighted by Crippen LogP contribution is 2.32. The lowest BCUT2D eigenvalue weighted by Crippen LogP contribution is -1.91. The van der Waals surface area contributed by atoms with E-state index in [1.165, 1.54) is 69.4 Å². The Morgan fingerprint density at radius 3 is 0.909 bits per heavy atom. The minimum absolute atomic E-state index is 0.255. The Hall–Kier alpha value is -3.52. The molecule has 0 aromatic heterocycles. The van der Waals surface area contributed by atoms with Gasteiger partial charge in [-0.25, -0.2) is 0 Å². The van der Waals surface area contributed by atoms with E-state index < -0.39 is 0 Å². The highest BCUT2D eigenvalue weighted by molar-refractivity contribution is 5.51. The zero-order chi connectivity index (χ0) is 41.2. The van der Waals surface area contributed by atoms with Gasteiger partial charge < -0.3 is 10.2 Å².